The van der Waals surface area contributed by atoms with Crippen molar-refractivity contribution in [3.63, 3.8) is 0 Å². The fourth-order valence-electron chi connectivity index (χ4n) is 2.36. The number of rotatable bonds is 5. The van der Waals surface area contributed by atoms with E-state index in [2.05, 4.69) is 20.3 Å². The van der Waals surface area contributed by atoms with Crippen molar-refractivity contribution >= 4 is 11.5 Å². The highest BCUT2D eigenvalue weighted by atomic mass is 16.5. The Bertz CT molecular complexity index is 629. The van der Waals surface area contributed by atoms with Gasteiger partial charge >= 0.3 is 0 Å². The van der Waals surface area contributed by atoms with Crippen LogP contribution in [0.3, 0.4) is 0 Å². The summed E-state index contributed by atoms with van der Waals surface area (Å²) in [4.78, 5) is 13.1. The number of nitrogens with zero attached hydrogens (tertiary/aromatic N) is 3. The second kappa shape index (κ2) is 6.57. The molecule has 1 fully saturated rings. The molecule has 0 saturated carbocycles. The van der Waals surface area contributed by atoms with E-state index >= 15 is 0 Å². The largest absolute Gasteiger partial charge is 0.479 e. The fraction of sp³-hybridized carbons (Fsp3) is 0.400. The van der Waals surface area contributed by atoms with Crippen molar-refractivity contribution in [2.24, 2.45) is 0 Å². The zero-order chi connectivity index (χ0) is 15.4. The summed E-state index contributed by atoms with van der Waals surface area (Å²) in [7, 11) is 1.54. The van der Waals surface area contributed by atoms with Gasteiger partial charge < -0.3 is 20.5 Å². The van der Waals surface area contributed by atoms with Gasteiger partial charge in [0, 0.05) is 12.8 Å². The van der Waals surface area contributed by atoms with E-state index in [9.17, 15) is 0 Å². The van der Waals surface area contributed by atoms with Crippen molar-refractivity contribution < 1.29 is 9.47 Å². The maximum atomic E-state index is 6.05. The molecule has 116 valence electrons. The molecule has 0 aliphatic carbocycles. The van der Waals surface area contributed by atoms with Gasteiger partial charge in [-0.15, -0.1) is 0 Å². The second-order valence-corrected chi connectivity index (χ2v) is 5.03. The smallest absolute Gasteiger partial charge is 0.242 e. The van der Waals surface area contributed by atoms with Crippen LogP contribution in [0.2, 0.25) is 0 Å². The lowest BCUT2D eigenvalue weighted by molar-refractivity contribution is 0.104. The lowest BCUT2D eigenvalue weighted by Crippen LogP contribution is -2.12. The Balaban J connectivity index is 1.83. The van der Waals surface area contributed by atoms with E-state index in [1.165, 1.54) is 0 Å². The number of hydrogen-bond donors (Lipinski definition) is 2. The average molecular weight is 301 g/mol. The van der Waals surface area contributed by atoms with Crippen molar-refractivity contribution in [3.05, 3.63) is 35.9 Å². The van der Waals surface area contributed by atoms with Gasteiger partial charge in [-0.3, -0.25) is 4.98 Å². The van der Waals surface area contributed by atoms with Crippen LogP contribution in [0.15, 0.2) is 24.4 Å². The van der Waals surface area contributed by atoms with Gasteiger partial charge in [-0.05, 0) is 25.0 Å². The first-order valence-electron chi connectivity index (χ1n) is 7.24. The van der Waals surface area contributed by atoms with Crippen molar-refractivity contribution in [2.45, 2.75) is 25.5 Å². The van der Waals surface area contributed by atoms with Crippen LogP contribution in [-0.4, -0.2) is 28.7 Å². The standard InChI is InChI=1S/C15H19N5O2/c1-21-15-12(16)14(18-9-10-5-2-3-7-17-10)19-13(20-15)11-6-4-8-22-11/h2-3,5,7,11H,4,6,8-9,16H2,1H3,(H,18,19,20). The monoisotopic (exact) mass is 301 g/mol. The van der Waals surface area contributed by atoms with Gasteiger partial charge in [0.2, 0.25) is 5.88 Å². The number of methoxy groups -OCH3 is 1. The molecule has 2 aromatic rings. The second-order valence-electron chi connectivity index (χ2n) is 5.03. The molecule has 0 radical (unpaired) electrons. The molecule has 1 saturated heterocycles. The molecule has 1 aliphatic rings. The summed E-state index contributed by atoms with van der Waals surface area (Å²) in [5.74, 6) is 1.51. The van der Waals surface area contributed by atoms with Crippen LogP contribution in [-0.2, 0) is 11.3 Å². The summed E-state index contributed by atoms with van der Waals surface area (Å²) < 4.78 is 10.9. The number of nitrogen functional groups attached to an aromatic ring is 1. The summed E-state index contributed by atoms with van der Waals surface area (Å²) in [5, 5.41) is 3.19. The third kappa shape index (κ3) is 3.09. The van der Waals surface area contributed by atoms with Gasteiger partial charge in [0.15, 0.2) is 11.6 Å². The van der Waals surface area contributed by atoms with Gasteiger partial charge in [-0.25, -0.2) is 4.98 Å². The van der Waals surface area contributed by atoms with Crippen LogP contribution in [0.25, 0.3) is 0 Å². The van der Waals surface area contributed by atoms with Gasteiger partial charge in [0.25, 0.3) is 0 Å². The van der Waals surface area contributed by atoms with Crippen LogP contribution in [0, 0.1) is 0 Å². The molecule has 0 aromatic carbocycles. The first kappa shape index (κ1) is 14.5. The van der Waals surface area contributed by atoms with E-state index in [1.54, 1.807) is 13.3 Å². The fourth-order valence-corrected chi connectivity index (χ4v) is 2.36. The van der Waals surface area contributed by atoms with Crippen molar-refractivity contribution in [3.8, 4) is 5.88 Å². The quantitative estimate of drug-likeness (QED) is 0.871. The summed E-state index contributed by atoms with van der Waals surface area (Å²) in [6.45, 7) is 1.26. The zero-order valence-electron chi connectivity index (χ0n) is 12.5. The molecule has 22 heavy (non-hydrogen) atoms. The minimum Gasteiger partial charge on any atom is -0.479 e. The zero-order valence-corrected chi connectivity index (χ0v) is 12.5. The van der Waals surface area contributed by atoms with E-state index in [-0.39, 0.29) is 6.10 Å². The lowest BCUT2D eigenvalue weighted by Gasteiger charge is -2.15. The van der Waals surface area contributed by atoms with Gasteiger partial charge in [-0.1, -0.05) is 6.07 Å². The molecule has 0 amide bonds. The molecular weight excluding hydrogens is 282 g/mol. The first-order chi connectivity index (χ1) is 10.8. The SMILES string of the molecule is COc1nc(C2CCCO2)nc(NCc2ccccn2)c1N. The maximum Gasteiger partial charge on any atom is 0.242 e. The molecule has 3 N–H and O–H groups in total. The molecule has 3 heterocycles. The molecule has 7 nitrogen and oxygen atoms in total. The third-order valence-corrected chi connectivity index (χ3v) is 3.50. The number of anilines is 2. The number of nitrogens with two attached hydrogens (primary N) is 1. The van der Waals surface area contributed by atoms with Crippen LogP contribution < -0.4 is 15.8 Å². The normalized spacial score (nSPS) is 17.4. The Morgan fingerprint density at radius 1 is 1.41 bits per heavy atom. The Kier molecular flexibility index (Phi) is 4.34. The number of aromatic nitrogens is 3. The van der Waals surface area contributed by atoms with E-state index in [0.29, 0.717) is 29.8 Å². The summed E-state index contributed by atoms with van der Waals surface area (Å²) in [6, 6.07) is 5.75. The van der Waals surface area contributed by atoms with Crippen LogP contribution in [0.4, 0.5) is 11.5 Å². The average Bonchev–Trinajstić information content (AvgIpc) is 3.09. The predicted octanol–water partition coefficient (Wildman–Crippen LogP) is 1.93. The number of pyridine rings is 1. The molecule has 0 bridgehead atoms. The highest BCUT2D eigenvalue weighted by Gasteiger charge is 2.23. The highest BCUT2D eigenvalue weighted by Crippen LogP contribution is 2.32. The van der Waals surface area contributed by atoms with Crippen molar-refractivity contribution in [1.29, 1.82) is 0 Å². The third-order valence-electron chi connectivity index (χ3n) is 3.50. The minimum absolute atomic E-state index is 0.0927. The summed E-state index contributed by atoms with van der Waals surface area (Å²) >= 11 is 0. The lowest BCUT2D eigenvalue weighted by atomic mass is 10.2. The van der Waals surface area contributed by atoms with Gasteiger partial charge in [0.1, 0.15) is 11.8 Å². The number of hydrogen-bond acceptors (Lipinski definition) is 7. The van der Waals surface area contributed by atoms with Crippen LogP contribution in [0.1, 0.15) is 30.5 Å². The maximum absolute atomic E-state index is 6.05. The van der Waals surface area contributed by atoms with Crippen molar-refractivity contribution in [2.75, 3.05) is 24.8 Å². The Morgan fingerprint density at radius 2 is 2.32 bits per heavy atom. The molecule has 1 unspecified atom stereocenters. The predicted molar refractivity (Wildman–Crippen MR) is 82.5 cm³/mol. The van der Waals surface area contributed by atoms with Crippen LogP contribution in [0.5, 0.6) is 5.88 Å². The van der Waals surface area contributed by atoms with E-state index in [4.69, 9.17) is 15.2 Å². The molecule has 3 rings (SSSR count). The number of nitrogens with one attached hydrogen (secondary N) is 1. The van der Waals surface area contributed by atoms with Gasteiger partial charge in [0.05, 0.1) is 19.3 Å². The van der Waals surface area contributed by atoms with Gasteiger partial charge in [-0.2, -0.15) is 4.98 Å². The molecule has 7 heteroatoms. The minimum atomic E-state index is -0.0927. The van der Waals surface area contributed by atoms with E-state index in [1.807, 2.05) is 18.2 Å². The topological polar surface area (TPSA) is 95.2 Å². The summed E-state index contributed by atoms with van der Waals surface area (Å²) in [6.07, 6.45) is 3.58. The van der Waals surface area contributed by atoms with E-state index in [0.717, 1.165) is 25.1 Å². The Hall–Kier alpha value is -2.41. The number of ether oxygens (including phenoxy) is 2. The molecule has 1 atom stereocenters. The highest BCUT2D eigenvalue weighted by molar-refractivity contribution is 5.67. The van der Waals surface area contributed by atoms with Crippen molar-refractivity contribution in [1.82, 2.24) is 15.0 Å². The molecule has 2 aromatic heterocycles. The summed E-state index contributed by atoms with van der Waals surface area (Å²) in [5.41, 5.74) is 7.34. The molecular formula is C15H19N5O2. The van der Waals surface area contributed by atoms with E-state index < -0.39 is 0 Å². The molecule has 0 spiro atoms. The van der Waals surface area contributed by atoms with Crippen LogP contribution >= 0.6 is 0 Å². The molecule has 1 aliphatic heterocycles. The Morgan fingerprint density at radius 3 is 3.00 bits per heavy atom. The first-order valence-corrected chi connectivity index (χ1v) is 7.24. The Labute approximate surface area is 128 Å².